The van der Waals surface area contributed by atoms with Crippen LogP contribution in [0.4, 0.5) is 0 Å². The van der Waals surface area contributed by atoms with Gasteiger partial charge in [0.25, 0.3) is 5.91 Å². The summed E-state index contributed by atoms with van der Waals surface area (Å²) >= 11 is 1.12. The summed E-state index contributed by atoms with van der Waals surface area (Å²) in [4.78, 5) is 55.7. The third-order valence-corrected chi connectivity index (χ3v) is 5.85. The highest BCUT2D eigenvalue weighted by Gasteiger charge is 2.52. The zero-order valence-electron chi connectivity index (χ0n) is 14.5. The number of aromatic nitrogens is 2. The number of aldehydes is 1. The number of piperidine rings is 1. The number of rotatable bonds is 7. The average molecular weight is 393 g/mol. The second-order valence-electron chi connectivity index (χ2n) is 6.37. The molecule has 0 aromatic carbocycles. The van der Waals surface area contributed by atoms with Crippen molar-refractivity contribution in [3.63, 3.8) is 0 Å². The Balaban J connectivity index is 1.96. The predicted molar refractivity (Wildman–Crippen MR) is 96.6 cm³/mol. The number of nitrogens with one attached hydrogen (secondary N) is 3. The molecule has 10 nitrogen and oxygen atoms in total. The van der Waals surface area contributed by atoms with E-state index in [9.17, 15) is 19.2 Å². The van der Waals surface area contributed by atoms with E-state index in [-0.39, 0.29) is 12.3 Å². The first-order valence-electron chi connectivity index (χ1n) is 8.56. The van der Waals surface area contributed by atoms with Crippen molar-refractivity contribution in [2.24, 2.45) is 5.73 Å². The third kappa shape index (κ3) is 3.83. The van der Waals surface area contributed by atoms with Gasteiger partial charge in [-0.3, -0.25) is 24.6 Å². The highest BCUT2D eigenvalue weighted by atomic mass is 32.2. The fourth-order valence-corrected chi connectivity index (χ4v) is 4.40. The van der Waals surface area contributed by atoms with Crippen LogP contribution in [0.25, 0.3) is 0 Å². The van der Waals surface area contributed by atoms with Gasteiger partial charge in [0.15, 0.2) is 0 Å². The van der Waals surface area contributed by atoms with E-state index in [1.54, 1.807) is 12.7 Å². The Hall–Kier alpha value is -2.40. The molecule has 1 radical (unpaired) electrons. The number of aromatic amines is 1. The number of nitrogens with zero attached hydrogens (tertiary/aromatic N) is 2. The standard InChI is InChI=1S/C16H21N6O4S/c17-15(26)16(20-4-5-27-16)22(11(8-23)6-10-7-18-9-19-10)14(25)12-2-1-3-13(24)21-12/h4,7-9,11-12,20H,1-3,5-6H2,(H2,17,26)(H,18,19)(H,21,24)/t11-,12?,16?/m0/s1. The molecular weight excluding hydrogens is 372 g/mol. The fourth-order valence-electron chi connectivity index (χ4n) is 3.32. The molecule has 3 rings (SSSR count). The van der Waals surface area contributed by atoms with Crippen LogP contribution in [0.1, 0.15) is 25.0 Å². The fraction of sp³-hybridized carbons (Fsp3) is 0.500. The van der Waals surface area contributed by atoms with E-state index in [4.69, 9.17) is 5.73 Å². The number of carbonyl (C=O) groups is 4. The average Bonchev–Trinajstić information content (AvgIpc) is 3.33. The van der Waals surface area contributed by atoms with Crippen LogP contribution in [0.15, 0.2) is 12.5 Å². The minimum Gasteiger partial charge on any atom is -0.366 e. The maximum Gasteiger partial charge on any atom is 0.269 e. The van der Waals surface area contributed by atoms with Crippen LogP contribution in [-0.2, 0) is 25.6 Å². The number of nitrogens with two attached hydrogens (primary N) is 1. The number of thioether (sulfide) groups is 1. The SMILES string of the molecule is NC(=O)C1(N(C(=O)C2CCCC(=O)N2)[C@H](C=O)Cc2cnc[nH]2)N[CH]CS1. The van der Waals surface area contributed by atoms with Crippen molar-refractivity contribution in [3.05, 3.63) is 24.8 Å². The number of primary amides is 1. The quantitative estimate of drug-likeness (QED) is 0.418. The first-order chi connectivity index (χ1) is 13.0. The summed E-state index contributed by atoms with van der Waals surface area (Å²) in [5, 5.41) is 5.51. The van der Waals surface area contributed by atoms with Gasteiger partial charge in [-0.1, -0.05) is 0 Å². The minimum absolute atomic E-state index is 0.132. The van der Waals surface area contributed by atoms with Crippen molar-refractivity contribution < 1.29 is 19.2 Å². The number of carbonyl (C=O) groups excluding carboxylic acids is 4. The van der Waals surface area contributed by atoms with Gasteiger partial charge in [0.2, 0.25) is 16.8 Å². The van der Waals surface area contributed by atoms with E-state index in [1.807, 2.05) is 0 Å². The van der Waals surface area contributed by atoms with Gasteiger partial charge in [-0.05, 0) is 12.8 Å². The van der Waals surface area contributed by atoms with Crippen molar-refractivity contribution in [2.45, 2.75) is 42.8 Å². The summed E-state index contributed by atoms with van der Waals surface area (Å²) in [6, 6.07) is -1.79. The molecule has 0 spiro atoms. The summed E-state index contributed by atoms with van der Waals surface area (Å²) in [6.45, 7) is 1.62. The van der Waals surface area contributed by atoms with Crippen molar-refractivity contribution in [1.29, 1.82) is 0 Å². The van der Waals surface area contributed by atoms with Crippen molar-refractivity contribution in [2.75, 3.05) is 5.75 Å². The van der Waals surface area contributed by atoms with Gasteiger partial charge in [0.1, 0.15) is 12.3 Å². The molecule has 27 heavy (non-hydrogen) atoms. The second kappa shape index (κ2) is 8.09. The van der Waals surface area contributed by atoms with Gasteiger partial charge in [-0.2, -0.15) is 0 Å². The van der Waals surface area contributed by atoms with Crippen molar-refractivity contribution in [3.8, 4) is 0 Å². The van der Waals surface area contributed by atoms with E-state index in [0.29, 0.717) is 37.0 Å². The van der Waals surface area contributed by atoms with Crippen LogP contribution >= 0.6 is 11.8 Å². The van der Waals surface area contributed by atoms with Crippen molar-refractivity contribution >= 4 is 35.8 Å². The van der Waals surface area contributed by atoms with Crippen LogP contribution in [-0.4, -0.2) is 61.7 Å². The van der Waals surface area contributed by atoms with Crippen LogP contribution in [0.2, 0.25) is 0 Å². The monoisotopic (exact) mass is 393 g/mol. The molecule has 2 fully saturated rings. The van der Waals surface area contributed by atoms with Crippen LogP contribution in [0.3, 0.4) is 0 Å². The number of H-pyrrole nitrogens is 1. The molecule has 0 saturated carbocycles. The summed E-state index contributed by atoms with van der Waals surface area (Å²) in [6.07, 6.45) is 5.07. The highest BCUT2D eigenvalue weighted by molar-refractivity contribution is 8.01. The molecule has 11 heteroatoms. The van der Waals surface area contributed by atoms with Gasteiger partial charge >= 0.3 is 0 Å². The molecule has 2 unspecified atom stereocenters. The van der Waals surface area contributed by atoms with Crippen LogP contribution in [0.5, 0.6) is 0 Å². The lowest BCUT2D eigenvalue weighted by Crippen LogP contribution is -2.69. The third-order valence-electron chi connectivity index (χ3n) is 4.59. The molecular formula is C16H21N6O4S. The van der Waals surface area contributed by atoms with E-state index in [2.05, 4.69) is 20.6 Å². The van der Waals surface area contributed by atoms with Gasteiger partial charge in [-0.25, -0.2) is 4.98 Å². The lowest BCUT2D eigenvalue weighted by atomic mass is 10.0. The smallest absolute Gasteiger partial charge is 0.269 e. The lowest BCUT2D eigenvalue weighted by Gasteiger charge is -2.43. The summed E-state index contributed by atoms with van der Waals surface area (Å²) in [5.74, 6) is -1.11. The molecule has 2 aliphatic rings. The zero-order valence-corrected chi connectivity index (χ0v) is 15.3. The Labute approximate surface area is 160 Å². The molecule has 145 valence electrons. The van der Waals surface area contributed by atoms with Crippen molar-refractivity contribution in [1.82, 2.24) is 25.5 Å². The normalized spacial score (nSPS) is 26.2. The summed E-state index contributed by atoms with van der Waals surface area (Å²) < 4.78 is 0. The Morgan fingerprint density at radius 1 is 1.52 bits per heavy atom. The Morgan fingerprint density at radius 3 is 2.89 bits per heavy atom. The molecule has 0 bridgehead atoms. The van der Waals surface area contributed by atoms with Crippen LogP contribution < -0.4 is 16.4 Å². The molecule has 5 N–H and O–H groups in total. The Bertz CT molecular complexity index is 719. The molecule has 0 aliphatic carbocycles. The number of hydrogen-bond donors (Lipinski definition) is 4. The van der Waals surface area contributed by atoms with E-state index >= 15 is 0 Å². The molecule has 3 heterocycles. The van der Waals surface area contributed by atoms with E-state index in [0.717, 1.165) is 11.8 Å². The predicted octanol–water partition coefficient (Wildman–Crippen LogP) is -1.35. The summed E-state index contributed by atoms with van der Waals surface area (Å²) in [5.41, 5.74) is 6.26. The maximum atomic E-state index is 13.3. The summed E-state index contributed by atoms with van der Waals surface area (Å²) in [7, 11) is 0. The number of imidazole rings is 1. The minimum atomic E-state index is -1.59. The van der Waals surface area contributed by atoms with Gasteiger partial charge < -0.3 is 20.8 Å². The van der Waals surface area contributed by atoms with E-state index in [1.165, 1.54) is 11.2 Å². The maximum absolute atomic E-state index is 13.3. The van der Waals surface area contributed by atoms with Gasteiger partial charge in [0.05, 0.1) is 12.4 Å². The molecule has 2 aliphatic heterocycles. The Morgan fingerprint density at radius 2 is 2.33 bits per heavy atom. The molecule has 2 saturated heterocycles. The first-order valence-corrected chi connectivity index (χ1v) is 9.55. The second-order valence-corrected chi connectivity index (χ2v) is 7.59. The van der Waals surface area contributed by atoms with Gasteiger partial charge in [0, 0.05) is 37.0 Å². The molecule has 1 aromatic heterocycles. The topological polar surface area (TPSA) is 150 Å². The highest BCUT2D eigenvalue weighted by Crippen LogP contribution is 2.35. The molecule has 3 amide bonds. The number of hydrogen-bond acceptors (Lipinski definition) is 7. The number of amides is 3. The van der Waals surface area contributed by atoms with Gasteiger partial charge in [-0.15, -0.1) is 11.8 Å². The van der Waals surface area contributed by atoms with Crippen LogP contribution in [0, 0.1) is 6.54 Å². The largest absolute Gasteiger partial charge is 0.366 e. The lowest BCUT2D eigenvalue weighted by molar-refractivity contribution is -0.150. The first kappa shape index (κ1) is 19.4. The van der Waals surface area contributed by atoms with E-state index < -0.39 is 28.9 Å². The zero-order chi connectivity index (χ0) is 19.4. The molecule has 1 aromatic rings. The molecule has 3 atom stereocenters. The Kier molecular flexibility index (Phi) is 5.80.